The molecular formula is C27H30Cl2N2O5S2. The summed E-state index contributed by atoms with van der Waals surface area (Å²) >= 11 is 13.8. The summed E-state index contributed by atoms with van der Waals surface area (Å²) in [6.07, 6.45) is 1.96. The Morgan fingerprint density at radius 3 is 2.42 bits per heavy atom. The van der Waals surface area contributed by atoms with Crippen LogP contribution in [0.5, 0.6) is 11.5 Å². The molecule has 0 unspecified atom stereocenters. The number of rotatable bonds is 13. The summed E-state index contributed by atoms with van der Waals surface area (Å²) < 4.78 is 38.7. The smallest absolute Gasteiger partial charge is 0.245 e. The Morgan fingerprint density at radius 2 is 1.79 bits per heavy atom. The molecule has 2 aromatic carbocycles. The van der Waals surface area contributed by atoms with E-state index in [1.807, 2.05) is 37.3 Å². The van der Waals surface area contributed by atoms with Crippen LogP contribution in [0.2, 0.25) is 10.0 Å². The van der Waals surface area contributed by atoms with Crippen LogP contribution in [0.4, 0.5) is 0 Å². The van der Waals surface area contributed by atoms with E-state index in [-0.39, 0.29) is 33.9 Å². The number of aryl methyl sites for hydroxylation is 1. The van der Waals surface area contributed by atoms with Crippen molar-refractivity contribution >= 4 is 50.5 Å². The summed E-state index contributed by atoms with van der Waals surface area (Å²) in [5.41, 5.74) is 0.948. The minimum atomic E-state index is -4.13. The van der Waals surface area contributed by atoms with Gasteiger partial charge in [0.05, 0.1) is 32.3 Å². The van der Waals surface area contributed by atoms with Crippen molar-refractivity contribution in [2.24, 2.45) is 0 Å². The summed E-state index contributed by atoms with van der Waals surface area (Å²) in [4.78, 5) is 17.2. The van der Waals surface area contributed by atoms with Crippen LogP contribution in [-0.4, -0.2) is 57.4 Å². The molecule has 0 aliphatic heterocycles. The molecule has 0 aliphatic carbocycles. The predicted octanol–water partition coefficient (Wildman–Crippen LogP) is 5.83. The van der Waals surface area contributed by atoms with Gasteiger partial charge in [-0.3, -0.25) is 4.79 Å². The molecule has 0 bridgehead atoms. The second-order valence-electron chi connectivity index (χ2n) is 8.43. The van der Waals surface area contributed by atoms with Crippen LogP contribution in [0.25, 0.3) is 0 Å². The highest BCUT2D eigenvalue weighted by Gasteiger charge is 2.30. The highest BCUT2D eigenvalue weighted by atomic mass is 35.5. The monoisotopic (exact) mass is 596 g/mol. The van der Waals surface area contributed by atoms with Gasteiger partial charge in [0, 0.05) is 27.9 Å². The molecule has 1 aromatic heterocycles. The average molecular weight is 598 g/mol. The van der Waals surface area contributed by atoms with Gasteiger partial charge in [0.15, 0.2) is 11.5 Å². The van der Waals surface area contributed by atoms with E-state index in [2.05, 4.69) is 6.58 Å². The number of carbonyl (C=O) groups excluding carboxylic acids is 1. The standard InChI is InChI=1S/C27H30Cl2N2O5S2/c1-5-13-31(38(33,34)26-16-21(28)8-10-23(26)29)18-27(32)30(17-22-9-6-19(2)37-22)14-12-20-7-11-24(35-3)25(15-20)36-4/h5-11,15-16H,1,12-14,17-18H2,2-4H3. The first-order valence-corrected chi connectivity index (χ1v) is 14.7. The molecule has 0 atom stereocenters. The number of thiophene rings is 1. The lowest BCUT2D eigenvalue weighted by Gasteiger charge is -2.27. The van der Waals surface area contributed by atoms with Crippen LogP contribution < -0.4 is 9.47 Å². The van der Waals surface area contributed by atoms with Gasteiger partial charge in [-0.2, -0.15) is 4.31 Å². The number of benzene rings is 2. The summed E-state index contributed by atoms with van der Waals surface area (Å²) in [6, 6.07) is 13.8. The summed E-state index contributed by atoms with van der Waals surface area (Å²) in [6.45, 7) is 5.93. The van der Waals surface area contributed by atoms with Gasteiger partial charge in [-0.25, -0.2) is 8.42 Å². The van der Waals surface area contributed by atoms with Crippen LogP contribution in [0.1, 0.15) is 15.3 Å². The topological polar surface area (TPSA) is 76.2 Å². The molecule has 0 radical (unpaired) electrons. The van der Waals surface area contributed by atoms with Crippen LogP contribution in [0.3, 0.4) is 0 Å². The zero-order valence-electron chi connectivity index (χ0n) is 21.4. The number of nitrogens with zero attached hydrogens (tertiary/aromatic N) is 2. The fourth-order valence-corrected chi connectivity index (χ4v) is 6.81. The molecule has 0 saturated heterocycles. The third kappa shape index (κ3) is 7.51. The van der Waals surface area contributed by atoms with Crippen LogP contribution in [-0.2, 0) is 27.8 Å². The zero-order chi connectivity index (χ0) is 27.9. The van der Waals surface area contributed by atoms with E-state index < -0.39 is 10.0 Å². The van der Waals surface area contributed by atoms with Crippen molar-refractivity contribution in [3.8, 4) is 11.5 Å². The molecule has 3 rings (SSSR count). The third-order valence-corrected chi connectivity index (χ3v) is 9.28. The molecule has 0 fully saturated rings. The Bertz CT molecular complexity index is 1390. The Hall–Kier alpha value is -2.56. The molecule has 7 nitrogen and oxygen atoms in total. The summed E-state index contributed by atoms with van der Waals surface area (Å²) in [5, 5.41) is 0.248. The van der Waals surface area contributed by atoms with Gasteiger partial charge in [-0.05, 0) is 61.4 Å². The minimum absolute atomic E-state index is 0.0234. The summed E-state index contributed by atoms with van der Waals surface area (Å²) in [7, 11) is -0.990. The van der Waals surface area contributed by atoms with E-state index >= 15 is 0 Å². The van der Waals surface area contributed by atoms with Crippen LogP contribution >= 0.6 is 34.5 Å². The average Bonchev–Trinajstić information content (AvgIpc) is 3.31. The second-order valence-corrected chi connectivity index (χ2v) is 12.6. The molecule has 38 heavy (non-hydrogen) atoms. The number of hydrogen-bond acceptors (Lipinski definition) is 6. The SMILES string of the molecule is C=CCN(CC(=O)N(CCc1ccc(OC)c(OC)c1)Cc1ccc(C)s1)S(=O)(=O)c1cc(Cl)ccc1Cl. The van der Waals surface area contributed by atoms with E-state index in [4.69, 9.17) is 32.7 Å². The largest absolute Gasteiger partial charge is 0.493 e. The molecule has 1 heterocycles. The molecule has 0 saturated carbocycles. The molecular weight excluding hydrogens is 567 g/mol. The number of amides is 1. The number of halogens is 2. The molecule has 0 N–H and O–H groups in total. The van der Waals surface area contributed by atoms with Gasteiger partial charge in [-0.15, -0.1) is 17.9 Å². The third-order valence-electron chi connectivity index (χ3n) is 5.77. The Morgan fingerprint density at radius 1 is 1.05 bits per heavy atom. The number of hydrogen-bond donors (Lipinski definition) is 0. The maximum absolute atomic E-state index is 13.6. The van der Waals surface area contributed by atoms with E-state index in [0.717, 1.165) is 19.6 Å². The van der Waals surface area contributed by atoms with Gasteiger partial charge < -0.3 is 14.4 Å². The first-order chi connectivity index (χ1) is 18.1. The van der Waals surface area contributed by atoms with E-state index in [0.29, 0.717) is 31.0 Å². The fraction of sp³-hybridized carbons (Fsp3) is 0.296. The lowest BCUT2D eigenvalue weighted by atomic mass is 10.1. The van der Waals surface area contributed by atoms with Crippen molar-refractivity contribution in [1.29, 1.82) is 0 Å². The van der Waals surface area contributed by atoms with Crippen molar-refractivity contribution in [3.63, 3.8) is 0 Å². The fourth-order valence-electron chi connectivity index (χ4n) is 3.81. The van der Waals surface area contributed by atoms with Crippen molar-refractivity contribution in [1.82, 2.24) is 9.21 Å². The minimum Gasteiger partial charge on any atom is -0.493 e. The molecule has 204 valence electrons. The van der Waals surface area contributed by atoms with Gasteiger partial charge in [0.25, 0.3) is 0 Å². The zero-order valence-corrected chi connectivity index (χ0v) is 24.6. The highest BCUT2D eigenvalue weighted by molar-refractivity contribution is 7.89. The lowest BCUT2D eigenvalue weighted by Crippen LogP contribution is -2.43. The summed E-state index contributed by atoms with van der Waals surface area (Å²) in [5.74, 6) is 0.863. The Kier molecular flexibility index (Phi) is 10.6. The van der Waals surface area contributed by atoms with Gasteiger partial charge in [0.2, 0.25) is 15.9 Å². The van der Waals surface area contributed by atoms with Crippen molar-refractivity contribution in [2.45, 2.75) is 24.8 Å². The van der Waals surface area contributed by atoms with Crippen molar-refractivity contribution in [3.05, 3.63) is 86.5 Å². The quantitative estimate of drug-likeness (QED) is 0.232. The van der Waals surface area contributed by atoms with Crippen molar-refractivity contribution < 1.29 is 22.7 Å². The first-order valence-electron chi connectivity index (χ1n) is 11.7. The van der Waals surface area contributed by atoms with E-state index in [1.54, 1.807) is 30.5 Å². The number of methoxy groups -OCH3 is 2. The van der Waals surface area contributed by atoms with E-state index in [1.165, 1.54) is 24.3 Å². The second kappa shape index (κ2) is 13.5. The maximum atomic E-state index is 13.6. The molecule has 11 heteroatoms. The van der Waals surface area contributed by atoms with Gasteiger partial charge in [0.1, 0.15) is 4.90 Å². The van der Waals surface area contributed by atoms with Crippen LogP contribution in [0.15, 0.2) is 66.1 Å². The molecule has 3 aromatic rings. The maximum Gasteiger partial charge on any atom is 0.245 e. The van der Waals surface area contributed by atoms with Gasteiger partial charge in [-0.1, -0.05) is 35.3 Å². The normalized spacial score (nSPS) is 11.4. The van der Waals surface area contributed by atoms with Crippen LogP contribution in [0, 0.1) is 6.92 Å². The predicted molar refractivity (Wildman–Crippen MR) is 153 cm³/mol. The molecule has 0 spiro atoms. The number of sulfonamides is 1. The number of carbonyl (C=O) groups is 1. The number of ether oxygens (including phenoxy) is 2. The first kappa shape index (κ1) is 30.0. The van der Waals surface area contributed by atoms with E-state index in [9.17, 15) is 13.2 Å². The molecule has 0 aliphatic rings. The Balaban J connectivity index is 1.86. The van der Waals surface area contributed by atoms with Crippen molar-refractivity contribution in [2.75, 3.05) is 33.9 Å². The molecule has 1 amide bonds. The highest BCUT2D eigenvalue weighted by Crippen LogP contribution is 2.29. The lowest BCUT2D eigenvalue weighted by molar-refractivity contribution is -0.131. The van der Waals surface area contributed by atoms with Gasteiger partial charge >= 0.3 is 0 Å². The Labute approximate surface area is 238 Å².